The summed E-state index contributed by atoms with van der Waals surface area (Å²) in [7, 11) is 1.78. The van der Waals surface area contributed by atoms with Crippen molar-refractivity contribution in [2.45, 2.75) is 44.8 Å². The maximum atomic E-state index is 6.04. The summed E-state index contributed by atoms with van der Waals surface area (Å²) in [6.07, 6.45) is 5.00. The lowest BCUT2D eigenvalue weighted by Gasteiger charge is -2.29. The number of nitrogens with two attached hydrogens (primary N) is 1. The zero-order valence-corrected chi connectivity index (χ0v) is 10.6. The quantitative estimate of drug-likeness (QED) is 0.819. The number of benzene rings is 1. The molecular weight excluding hydrogens is 214 g/mol. The predicted molar refractivity (Wildman–Crippen MR) is 69.3 cm³/mol. The highest BCUT2D eigenvalue weighted by molar-refractivity contribution is 5.53. The molecule has 0 amide bonds. The summed E-state index contributed by atoms with van der Waals surface area (Å²) in [5.41, 5.74) is 7.70. The average molecular weight is 235 g/mol. The van der Waals surface area contributed by atoms with Crippen molar-refractivity contribution >= 4 is 5.69 Å². The Kier molecular flexibility index (Phi) is 3.89. The van der Waals surface area contributed by atoms with Crippen LogP contribution in [-0.2, 0) is 4.74 Å². The lowest BCUT2D eigenvalue weighted by molar-refractivity contribution is 0.0208. The molecule has 3 nitrogen and oxygen atoms in total. The summed E-state index contributed by atoms with van der Waals surface area (Å²) in [6.45, 7) is 2.00. The smallest absolute Gasteiger partial charge is 0.124 e. The first-order valence-corrected chi connectivity index (χ1v) is 6.25. The van der Waals surface area contributed by atoms with Gasteiger partial charge in [-0.1, -0.05) is 6.07 Å². The minimum Gasteiger partial charge on any atom is -0.490 e. The molecule has 1 saturated carbocycles. The Balaban J connectivity index is 2.02. The molecule has 1 aliphatic rings. The molecule has 0 bridgehead atoms. The molecule has 0 spiro atoms. The Bertz CT molecular complexity index is 378. The molecule has 2 atom stereocenters. The molecule has 1 aliphatic carbocycles. The van der Waals surface area contributed by atoms with Gasteiger partial charge >= 0.3 is 0 Å². The highest BCUT2D eigenvalue weighted by atomic mass is 16.5. The second kappa shape index (κ2) is 5.41. The molecule has 3 heteroatoms. The number of rotatable bonds is 3. The van der Waals surface area contributed by atoms with E-state index in [2.05, 4.69) is 0 Å². The van der Waals surface area contributed by atoms with Gasteiger partial charge in [-0.05, 0) is 38.3 Å². The predicted octanol–water partition coefficient (Wildman–Crippen LogP) is 2.91. The van der Waals surface area contributed by atoms with Crippen LogP contribution in [0.1, 0.15) is 31.2 Å². The third kappa shape index (κ3) is 2.91. The number of ether oxygens (including phenoxy) is 2. The normalized spacial score (nSPS) is 24.6. The summed E-state index contributed by atoms with van der Waals surface area (Å²) in [6, 6.07) is 5.83. The van der Waals surface area contributed by atoms with E-state index >= 15 is 0 Å². The maximum Gasteiger partial charge on any atom is 0.124 e. The van der Waals surface area contributed by atoms with Crippen molar-refractivity contribution in [2.75, 3.05) is 12.8 Å². The average Bonchev–Trinajstić information content (AvgIpc) is 2.35. The molecule has 0 aliphatic heterocycles. The zero-order valence-electron chi connectivity index (χ0n) is 10.6. The van der Waals surface area contributed by atoms with Gasteiger partial charge in [-0.25, -0.2) is 0 Å². The molecule has 2 rings (SSSR count). The van der Waals surface area contributed by atoms with Gasteiger partial charge in [0, 0.05) is 24.8 Å². The number of nitrogen functional groups attached to an aromatic ring is 1. The van der Waals surface area contributed by atoms with Crippen LogP contribution in [0.5, 0.6) is 5.75 Å². The Morgan fingerprint density at radius 1 is 1.24 bits per heavy atom. The van der Waals surface area contributed by atoms with E-state index in [-0.39, 0.29) is 6.10 Å². The molecule has 2 N–H and O–H groups in total. The monoisotopic (exact) mass is 235 g/mol. The van der Waals surface area contributed by atoms with Crippen molar-refractivity contribution in [1.82, 2.24) is 0 Å². The Morgan fingerprint density at radius 3 is 2.76 bits per heavy atom. The molecule has 0 aromatic heterocycles. The second-order valence-corrected chi connectivity index (χ2v) is 4.73. The third-order valence-corrected chi connectivity index (χ3v) is 3.53. The van der Waals surface area contributed by atoms with Gasteiger partial charge in [0.2, 0.25) is 0 Å². The van der Waals surface area contributed by atoms with Gasteiger partial charge in [0.05, 0.1) is 6.10 Å². The minimum absolute atomic E-state index is 0.259. The van der Waals surface area contributed by atoms with Gasteiger partial charge in [0.25, 0.3) is 0 Å². The van der Waals surface area contributed by atoms with Crippen molar-refractivity contribution < 1.29 is 9.47 Å². The maximum absolute atomic E-state index is 6.04. The molecule has 0 saturated heterocycles. The van der Waals surface area contributed by atoms with E-state index < -0.39 is 0 Å². The first-order valence-electron chi connectivity index (χ1n) is 6.25. The SMILES string of the molecule is COC1CCCC(Oc2cccc(N)c2C)C1. The van der Waals surface area contributed by atoms with Crippen LogP contribution in [0.3, 0.4) is 0 Å². The first-order chi connectivity index (χ1) is 8.20. The van der Waals surface area contributed by atoms with Crippen molar-refractivity contribution in [2.24, 2.45) is 0 Å². The van der Waals surface area contributed by atoms with Crippen molar-refractivity contribution in [1.29, 1.82) is 0 Å². The molecule has 2 unspecified atom stereocenters. The van der Waals surface area contributed by atoms with E-state index in [0.29, 0.717) is 6.10 Å². The molecule has 17 heavy (non-hydrogen) atoms. The van der Waals surface area contributed by atoms with E-state index in [1.807, 2.05) is 25.1 Å². The van der Waals surface area contributed by atoms with Crippen LogP contribution in [0.2, 0.25) is 0 Å². The standard InChI is InChI=1S/C14H21NO2/c1-10-13(15)7-4-8-14(10)17-12-6-3-5-11(9-12)16-2/h4,7-8,11-12H,3,5-6,9,15H2,1-2H3. The number of anilines is 1. The Labute approximate surface area is 103 Å². The van der Waals surface area contributed by atoms with E-state index in [9.17, 15) is 0 Å². The van der Waals surface area contributed by atoms with E-state index in [1.165, 1.54) is 6.42 Å². The number of hydrogen-bond donors (Lipinski definition) is 1. The largest absolute Gasteiger partial charge is 0.490 e. The van der Waals surface area contributed by atoms with Gasteiger partial charge in [-0.3, -0.25) is 0 Å². The molecule has 94 valence electrons. The Morgan fingerprint density at radius 2 is 2.00 bits per heavy atom. The van der Waals surface area contributed by atoms with Crippen LogP contribution in [0.15, 0.2) is 18.2 Å². The van der Waals surface area contributed by atoms with Gasteiger partial charge in [-0.15, -0.1) is 0 Å². The second-order valence-electron chi connectivity index (χ2n) is 4.73. The van der Waals surface area contributed by atoms with Crippen LogP contribution >= 0.6 is 0 Å². The fraction of sp³-hybridized carbons (Fsp3) is 0.571. The molecule has 1 fully saturated rings. The molecular formula is C14H21NO2. The summed E-state index contributed by atoms with van der Waals surface area (Å²) in [4.78, 5) is 0. The van der Waals surface area contributed by atoms with Crippen LogP contribution in [0, 0.1) is 6.92 Å². The zero-order chi connectivity index (χ0) is 12.3. The van der Waals surface area contributed by atoms with Gasteiger partial charge in [0.15, 0.2) is 0 Å². The molecule has 0 heterocycles. The number of methoxy groups -OCH3 is 1. The summed E-state index contributed by atoms with van der Waals surface area (Å²) < 4.78 is 11.4. The van der Waals surface area contributed by atoms with Crippen LogP contribution < -0.4 is 10.5 Å². The topological polar surface area (TPSA) is 44.5 Å². The van der Waals surface area contributed by atoms with Gasteiger partial charge < -0.3 is 15.2 Å². The highest BCUT2D eigenvalue weighted by Crippen LogP contribution is 2.29. The highest BCUT2D eigenvalue weighted by Gasteiger charge is 2.23. The summed E-state index contributed by atoms with van der Waals surface area (Å²) in [5, 5.41) is 0. The summed E-state index contributed by atoms with van der Waals surface area (Å²) in [5.74, 6) is 0.909. The molecule has 1 aromatic rings. The van der Waals surface area contributed by atoms with Crippen molar-refractivity contribution in [3.63, 3.8) is 0 Å². The van der Waals surface area contributed by atoms with Crippen molar-refractivity contribution in [3.8, 4) is 5.75 Å². The van der Waals surface area contributed by atoms with E-state index in [1.54, 1.807) is 7.11 Å². The van der Waals surface area contributed by atoms with Gasteiger partial charge in [0.1, 0.15) is 11.9 Å². The van der Waals surface area contributed by atoms with Gasteiger partial charge in [-0.2, -0.15) is 0 Å². The molecule has 1 aromatic carbocycles. The van der Waals surface area contributed by atoms with E-state index in [4.69, 9.17) is 15.2 Å². The van der Waals surface area contributed by atoms with Crippen LogP contribution in [0.4, 0.5) is 5.69 Å². The first kappa shape index (κ1) is 12.2. The fourth-order valence-corrected chi connectivity index (χ4v) is 2.36. The van der Waals surface area contributed by atoms with E-state index in [0.717, 1.165) is 36.3 Å². The van der Waals surface area contributed by atoms with Crippen LogP contribution in [0.25, 0.3) is 0 Å². The lowest BCUT2D eigenvalue weighted by Crippen LogP contribution is -2.29. The Hall–Kier alpha value is -1.22. The minimum atomic E-state index is 0.259. The fourth-order valence-electron chi connectivity index (χ4n) is 2.36. The summed E-state index contributed by atoms with van der Waals surface area (Å²) >= 11 is 0. The number of hydrogen-bond acceptors (Lipinski definition) is 3. The lowest BCUT2D eigenvalue weighted by atomic mass is 9.95. The third-order valence-electron chi connectivity index (χ3n) is 3.53. The molecule has 0 radical (unpaired) electrons. The van der Waals surface area contributed by atoms with Crippen molar-refractivity contribution in [3.05, 3.63) is 23.8 Å². The van der Waals surface area contributed by atoms with Crippen LogP contribution in [-0.4, -0.2) is 19.3 Å².